The maximum atomic E-state index is 9.95. The van der Waals surface area contributed by atoms with Crippen molar-refractivity contribution in [2.24, 2.45) is 5.92 Å². The van der Waals surface area contributed by atoms with Gasteiger partial charge in [-0.2, -0.15) is 0 Å². The zero-order valence-corrected chi connectivity index (χ0v) is 10.7. The Labute approximate surface area is 102 Å². The summed E-state index contributed by atoms with van der Waals surface area (Å²) >= 11 is 1.63. The van der Waals surface area contributed by atoms with Gasteiger partial charge < -0.3 is 10.4 Å². The van der Waals surface area contributed by atoms with Crippen molar-refractivity contribution in [2.75, 3.05) is 6.54 Å². The van der Waals surface area contributed by atoms with E-state index in [1.165, 1.54) is 19.3 Å². The van der Waals surface area contributed by atoms with Gasteiger partial charge in [0.15, 0.2) is 0 Å². The number of nitrogens with one attached hydrogen (secondary N) is 1. The van der Waals surface area contributed by atoms with E-state index in [9.17, 15) is 5.11 Å². The second-order valence-electron chi connectivity index (χ2n) is 4.72. The Hall–Kier alpha value is -0.380. The molecule has 0 radical (unpaired) electrons. The van der Waals surface area contributed by atoms with Gasteiger partial charge in [0.05, 0.1) is 0 Å². The summed E-state index contributed by atoms with van der Waals surface area (Å²) in [6.07, 6.45) is 4.92. The van der Waals surface area contributed by atoms with Crippen LogP contribution in [0.2, 0.25) is 0 Å². The first-order valence-corrected chi connectivity index (χ1v) is 7.12. The largest absolute Gasteiger partial charge is 0.386 e. The Morgan fingerprint density at radius 3 is 2.94 bits per heavy atom. The monoisotopic (exact) mass is 239 g/mol. The van der Waals surface area contributed by atoms with Gasteiger partial charge in [-0.1, -0.05) is 25.8 Å². The molecule has 1 aromatic rings. The number of hydrogen-bond donors (Lipinski definition) is 2. The van der Waals surface area contributed by atoms with Crippen molar-refractivity contribution < 1.29 is 5.11 Å². The molecule has 0 spiro atoms. The molecule has 2 N–H and O–H groups in total. The fourth-order valence-corrected chi connectivity index (χ4v) is 2.72. The van der Waals surface area contributed by atoms with Gasteiger partial charge in [-0.15, -0.1) is 11.3 Å². The van der Waals surface area contributed by atoms with E-state index < -0.39 is 0 Å². The normalized spacial score (nSPS) is 19.6. The van der Waals surface area contributed by atoms with Gasteiger partial charge in [0, 0.05) is 17.5 Å². The molecule has 90 valence electrons. The molecule has 2 rings (SSSR count). The summed E-state index contributed by atoms with van der Waals surface area (Å²) < 4.78 is 0. The number of aliphatic hydroxyl groups excluding tert-OH is 1. The minimum Gasteiger partial charge on any atom is -0.386 e. The SMILES string of the molecule is CCC(CC1CC1)NCC(O)c1cccs1. The van der Waals surface area contributed by atoms with Crippen molar-refractivity contribution in [1.29, 1.82) is 0 Å². The van der Waals surface area contributed by atoms with Crippen LogP contribution in [-0.2, 0) is 0 Å². The second-order valence-corrected chi connectivity index (χ2v) is 5.70. The standard InChI is InChI=1S/C13H21NOS/c1-2-11(8-10-5-6-10)14-9-12(15)13-4-3-7-16-13/h3-4,7,10-12,14-15H,2,5-6,8-9H2,1H3. The Kier molecular flexibility index (Phi) is 4.38. The van der Waals surface area contributed by atoms with Gasteiger partial charge in [-0.05, 0) is 30.2 Å². The molecule has 0 bridgehead atoms. The number of hydrogen-bond acceptors (Lipinski definition) is 3. The van der Waals surface area contributed by atoms with Crippen LogP contribution in [0.25, 0.3) is 0 Å². The van der Waals surface area contributed by atoms with E-state index in [1.54, 1.807) is 11.3 Å². The number of rotatable bonds is 7. The van der Waals surface area contributed by atoms with Crippen LogP contribution in [0.3, 0.4) is 0 Å². The van der Waals surface area contributed by atoms with E-state index in [2.05, 4.69) is 12.2 Å². The molecule has 1 saturated carbocycles. The van der Waals surface area contributed by atoms with Crippen LogP contribution >= 0.6 is 11.3 Å². The molecule has 1 heterocycles. The predicted octanol–water partition coefficient (Wildman–Crippen LogP) is 2.95. The average Bonchev–Trinajstić information content (AvgIpc) is 2.94. The summed E-state index contributed by atoms with van der Waals surface area (Å²) in [5, 5.41) is 15.5. The van der Waals surface area contributed by atoms with Crippen LogP contribution in [0, 0.1) is 5.92 Å². The summed E-state index contributed by atoms with van der Waals surface area (Å²) in [7, 11) is 0. The molecule has 1 fully saturated rings. The van der Waals surface area contributed by atoms with E-state index in [0.717, 1.165) is 17.2 Å². The maximum Gasteiger partial charge on any atom is 0.101 e. The molecule has 2 unspecified atom stereocenters. The average molecular weight is 239 g/mol. The van der Waals surface area contributed by atoms with Crippen LogP contribution in [0.15, 0.2) is 17.5 Å². The smallest absolute Gasteiger partial charge is 0.101 e. The van der Waals surface area contributed by atoms with E-state index in [1.807, 2.05) is 17.5 Å². The van der Waals surface area contributed by atoms with Gasteiger partial charge in [-0.25, -0.2) is 0 Å². The number of thiophene rings is 1. The summed E-state index contributed by atoms with van der Waals surface area (Å²) in [5.41, 5.74) is 0. The molecule has 0 aromatic carbocycles. The summed E-state index contributed by atoms with van der Waals surface area (Å²) in [6.45, 7) is 2.91. The van der Waals surface area contributed by atoms with E-state index in [0.29, 0.717) is 12.6 Å². The summed E-state index contributed by atoms with van der Waals surface area (Å²) in [6, 6.07) is 4.57. The molecular weight excluding hydrogens is 218 g/mol. The minimum atomic E-state index is -0.340. The highest BCUT2D eigenvalue weighted by Gasteiger charge is 2.24. The topological polar surface area (TPSA) is 32.3 Å². The third-order valence-corrected chi connectivity index (χ3v) is 4.25. The van der Waals surface area contributed by atoms with E-state index in [4.69, 9.17) is 0 Å². The summed E-state index contributed by atoms with van der Waals surface area (Å²) in [4.78, 5) is 1.06. The molecule has 2 nitrogen and oxygen atoms in total. The highest BCUT2D eigenvalue weighted by Crippen LogP contribution is 2.34. The van der Waals surface area contributed by atoms with Gasteiger partial charge in [0.2, 0.25) is 0 Å². The Morgan fingerprint density at radius 2 is 2.38 bits per heavy atom. The highest BCUT2D eigenvalue weighted by molar-refractivity contribution is 7.10. The zero-order valence-electron chi connectivity index (χ0n) is 9.86. The molecule has 0 amide bonds. The lowest BCUT2D eigenvalue weighted by atomic mass is 10.1. The van der Waals surface area contributed by atoms with Crippen LogP contribution in [0.5, 0.6) is 0 Å². The lowest BCUT2D eigenvalue weighted by Gasteiger charge is -2.18. The first-order valence-electron chi connectivity index (χ1n) is 6.24. The first-order chi connectivity index (χ1) is 7.79. The zero-order chi connectivity index (χ0) is 11.4. The Morgan fingerprint density at radius 1 is 1.56 bits per heavy atom. The van der Waals surface area contributed by atoms with Crippen molar-refractivity contribution in [2.45, 2.75) is 44.8 Å². The van der Waals surface area contributed by atoms with E-state index >= 15 is 0 Å². The third-order valence-electron chi connectivity index (χ3n) is 3.28. The van der Waals surface area contributed by atoms with Gasteiger partial charge in [0.1, 0.15) is 6.10 Å². The molecule has 1 aliphatic carbocycles. The molecule has 1 aromatic heterocycles. The maximum absolute atomic E-state index is 9.95. The fourth-order valence-electron chi connectivity index (χ4n) is 2.01. The van der Waals surface area contributed by atoms with Crippen LogP contribution in [0.1, 0.15) is 43.6 Å². The van der Waals surface area contributed by atoms with Crippen molar-refractivity contribution in [3.63, 3.8) is 0 Å². The van der Waals surface area contributed by atoms with E-state index in [-0.39, 0.29) is 6.10 Å². The van der Waals surface area contributed by atoms with Crippen LogP contribution in [0.4, 0.5) is 0 Å². The first kappa shape index (κ1) is 12.1. The van der Waals surface area contributed by atoms with Crippen molar-refractivity contribution in [3.8, 4) is 0 Å². The lowest BCUT2D eigenvalue weighted by molar-refractivity contribution is 0.171. The lowest BCUT2D eigenvalue weighted by Crippen LogP contribution is -2.32. The molecule has 2 atom stereocenters. The predicted molar refractivity (Wildman–Crippen MR) is 68.7 cm³/mol. The van der Waals surface area contributed by atoms with Crippen LogP contribution < -0.4 is 5.32 Å². The molecule has 3 heteroatoms. The van der Waals surface area contributed by atoms with Gasteiger partial charge >= 0.3 is 0 Å². The molecule has 16 heavy (non-hydrogen) atoms. The van der Waals surface area contributed by atoms with Gasteiger partial charge in [0.25, 0.3) is 0 Å². The highest BCUT2D eigenvalue weighted by atomic mass is 32.1. The Balaban J connectivity index is 1.72. The second kappa shape index (κ2) is 5.80. The number of aliphatic hydroxyl groups is 1. The van der Waals surface area contributed by atoms with Crippen molar-refractivity contribution in [1.82, 2.24) is 5.32 Å². The quantitative estimate of drug-likeness (QED) is 0.767. The fraction of sp³-hybridized carbons (Fsp3) is 0.692. The summed E-state index contributed by atoms with van der Waals surface area (Å²) in [5.74, 6) is 0.955. The molecule has 1 aliphatic rings. The third kappa shape index (κ3) is 3.58. The minimum absolute atomic E-state index is 0.340. The molecular formula is C13H21NOS. The van der Waals surface area contributed by atoms with Crippen molar-refractivity contribution in [3.05, 3.63) is 22.4 Å². The van der Waals surface area contributed by atoms with Crippen molar-refractivity contribution >= 4 is 11.3 Å². The van der Waals surface area contributed by atoms with Gasteiger partial charge in [-0.3, -0.25) is 0 Å². The van der Waals surface area contributed by atoms with Crippen LogP contribution in [-0.4, -0.2) is 17.7 Å². The molecule has 0 aliphatic heterocycles. The Bertz CT molecular complexity index is 295. The molecule has 0 saturated heterocycles.